The maximum absolute atomic E-state index is 12.8. The van der Waals surface area contributed by atoms with Gasteiger partial charge in [0.25, 0.3) is 0 Å². The molecule has 6 nitrogen and oxygen atoms in total. The zero-order valence-electron chi connectivity index (χ0n) is 14.8. The largest absolute Gasteiger partial charge is 0.390 e. The quantitative estimate of drug-likeness (QED) is 0.881. The summed E-state index contributed by atoms with van der Waals surface area (Å²) < 4.78 is 0. The van der Waals surface area contributed by atoms with Gasteiger partial charge in [-0.2, -0.15) is 0 Å². The van der Waals surface area contributed by atoms with E-state index >= 15 is 0 Å². The summed E-state index contributed by atoms with van der Waals surface area (Å²) in [6.07, 6.45) is 0.559. The third-order valence-electron chi connectivity index (χ3n) is 5.29. The number of Topliss-reactive ketones (excluding diaryl/α,β-unsaturated/α-hetero) is 1. The molecule has 1 fully saturated rings. The average Bonchev–Trinajstić information content (AvgIpc) is 2.99. The number of carbonyl (C=O) groups is 3. The van der Waals surface area contributed by atoms with Crippen LogP contribution in [0.1, 0.15) is 62.0 Å². The van der Waals surface area contributed by atoms with Gasteiger partial charge in [0.05, 0.1) is 17.6 Å². The van der Waals surface area contributed by atoms with Crippen LogP contribution in [0, 0.1) is 5.41 Å². The number of fused-ring (bicyclic) bond motifs is 1. The number of anilines is 1. The molecule has 1 aliphatic heterocycles. The zero-order valence-corrected chi connectivity index (χ0v) is 14.8. The molecule has 0 bridgehead atoms. The van der Waals surface area contributed by atoms with Crippen LogP contribution in [0.4, 0.5) is 5.69 Å². The molecule has 0 radical (unpaired) electrons. The van der Waals surface area contributed by atoms with Gasteiger partial charge in [0.2, 0.25) is 11.8 Å². The van der Waals surface area contributed by atoms with Gasteiger partial charge in [-0.15, -0.1) is 0 Å². The molecule has 2 N–H and O–H groups in total. The first-order valence-electron chi connectivity index (χ1n) is 8.73. The second kappa shape index (κ2) is 6.26. The van der Waals surface area contributed by atoms with Gasteiger partial charge < -0.3 is 15.3 Å². The lowest BCUT2D eigenvalue weighted by molar-refractivity contribution is -0.134. The minimum Gasteiger partial charge on any atom is -0.390 e. The molecule has 1 saturated heterocycles. The number of aliphatic hydroxyl groups excluding tert-OH is 1. The summed E-state index contributed by atoms with van der Waals surface area (Å²) in [5.74, 6) is -0.286. The molecule has 1 heterocycles. The van der Waals surface area contributed by atoms with Crippen molar-refractivity contribution < 1.29 is 19.5 Å². The summed E-state index contributed by atoms with van der Waals surface area (Å²) in [7, 11) is 0. The number of likely N-dealkylation sites (tertiary alicyclic amines) is 1. The van der Waals surface area contributed by atoms with Crippen molar-refractivity contribution in [2.75, 3.05) is 11.9 Å². The Morgan fingerprint density at radius 2 is 2.08 bits per heavy atom. The number of benzene rings is 1. The van der Waals surface area contributed by atoms with Crippen molar-refractivity contribution in [1.82, 2.24) is 4.90 Å². The van der Waals surface area contributed by atoms with Crippen molar-refractivity contribution in [3.8, 4) is 0 Å². The number of aliphatic hydroxyl groups is 1. The first-order valence-corrected chi connectivity index (χ1v) is 8.73. The van der Waals surface area contributed by atoms with Gasteiger partial charge >= 0.3 is 0 Å². The van der Waals surface area contributed by atoms with Crippen LogP contribution in [-0.4, -0.2) is 40.3 Å². The van der Waals surface area contributed by atoms with Crippen LogP contribution in [0.15, 0.2) is 18.2 Å². The van der Waals surface area contributed by atoms with Crippen molar-refractivity contribution >= 4 is 23.3 Å². The fraction of sp³-hybridized carbons (Fsp3) is 0.526. The Bertz CT molecular complexity index is 741. The van der Waals surface area contributed by atoms with Gasteiger partial charge in [-0.3, -0.25) is 14.4 Å². The molecule has 25 heavy (non-hydrogen) atoms. The smallest absolute Gasteiger partial charge is 0.224 e. The molecule has 2 amide bonds. The number of hydrogen-bond acceptors (Lipinski definition) is 4. The molecule has 0 saturated carbocycles. The molecule has 0 aromatic heterocycles. The average molecular weight is 344 g/mol. The van der Waals surface area contributed by atoms with Gasteiger partial charge in [-0.1, -0.05) is 6.92 Å². The predicted octanol–water partition coefficient (Wildman–Crippen LogP) is 2.28. The van der Waals surface area contributed by atoms with E-state index in [1.54, 1.807) is 43.9 Å². The van der Waals surface area contributed by atoms with Crippen molar-refractivity contribution in [3.63, 3.8) is 0 Å². The number of nitrogens with zero attached hydrogens (tertiary/aromatic N) is 1. The summed E-state index contributed by atoms with van der Waals surface area (Å²) in [5.41, 5.74) is 0.715. The van der Waals surface area contributed by atoms with E-state index in [4.69, 9.17) is 0 Å². The first-order chi connectivity index (χ1) is 11.8. The maximum Gasteiger partial charge on any atom is 0.224 e. The Morgan fingerprint density at radius 1 is 1.36 bits per heavy atom. The van der Waals surface area contributed by atoms with Gasteiger partial charge in [-0.05, 0) is 44.0 Å². The van der Waals surface area contributed by atoms with E-state index in [0.29, 0.717) is 36.2 Å². The van der Waals surface area contributed by atoms with Crippen LogP contribution in [0.2, 0.25) is 0 Å². The van der Waals surface area contributed by atoms with Crippen LogP contribution in [0.5, 0.6) is 0 Å². The van der Waals surface area contributed by atoms with Gasteiger partial charge in [0.15, 0.2) is 5.78 Å². The maximum atomic E-state index is 12.8. The predicted molar refractivity (Wildman–Crippen MR) is 93.2 cm³/mol. The van der Waals surface area contributed by atoms with Crippen LogP contribution >= 0.6 is 0 Å². The minimum absolute atomic E-state index is 0.0110. The molecular formula is C19H24N2O4. The van der Waals surface area contributed by atoms with E-state index in [2.05, 4.69) is 5.32 Å². The molecule has 0 spiro atoms. The van der Waals surface area contributed by atoms with Gasteiger partial charge in [-0.25, -0.2) is 0 Å². The summed E-state index contributed by atoms with van der Waals surface area (Å²) >= 11 is 0. The van der Waals surface area contributed by atoms with E-state index in [1.165, 1.54) is 0 Å². The van der Waals surface area contributed by atoms with Gasteiger partial charge in [0.1, 0.15) is 0 Å². The fourth-order valence-corrected chi connectivity index (χ4v) is 3.69. The van der Waals surface area contributed by atoms with Crippen molar-refractivity contribution in [2.24, 2.45) is 5.41 Å². The Hall–Kier alpha value is -2.21. The highest BCUT2D eigenvalue weighted by Crippen LogP contribution is 2.45. The summed E-state index contributed by atoms with van der Waals surface area (Å²) in [4.78, 5) is 38.5. The Balaban J connectivity index is 2.10. The first kappa shape index (κ1) is 17.6. The molecule has 1 aromatic carbocycles. The number of rotatable bonds is 3. The van der Waals surface area contributed by atoms with E-state index in [1.807, 2.05) is 0 Å². The topological polar surface area (TPSA) is 86.7 Å². The monoisotopic (exact) mass is 344 g/mol. The highest BCUT2D eigenvalue weighted by atomic mass is 16.3. The lowest BCUT2D eigenvalue weighted by Crippen LogP contribution is -2.51. The zero-order chi connectivity index (χ0) is 18.4. The molecule has 1 aliphatic carbocycles. The molecule has 6 heteroatoms. The number of carbonyl (C=O) groups excluding carboxylic acids is 3. The molecule has 2 unspecified atom stereocenters. The number of hydrogen-bond donors (Lipinski definition) is 2. The number of ketones is 1. The van der Waals surface area contributed by atoms with Crippen molar-refractivity contribution in [1.29, 1.82) is 0 Å². The van der Waals surface area contributed by atoms with Crippen molar-refractivity contribution in [2.45, 2.75) is 52.2 Å². The normalized spacial score (nSPS) is 25.0. The van der Waals surface area contributed by atoms with E-state index in [-0.39, 0.29) is 17.6 Å². The third kappa shape index (κ3) is 2.84. The standard InChI is InChI=1S/C19H24N2O4/c1-4-14(22)20-11-7-8-12-13(10-11)16(21-9-5-6-15(21)23)18(25)19(2,3)17(12)24/h7-8,10,16,18,25H,4-6,9H2,1-3H3,(H,20,22). The van der Waals surface area contributed by atoms with E-state index < -0.39 is 17.6 Å². The minimum atomic E-state index is -0.994. The Kier molecular flexibility index (Phi) is 4.41. The number of amides is 2. The Labute approximate surface area is 147 Å². The lowest BCUT2D eigenvalue weighted by Gasteiger charge is -2.44. The van der Waals surface area contributed by atoms with Crippen LogP contribution in [0.3, 0.4) is 0 Å². The van der Waals surface area contributed by atoms with E-state index in [0.717, 1.165) is 6.42 Å². The molecule has 134 valence electrons. The highest BCUT2D eigenvalue weighted by Gasteiger charge is 2.50. The molecule has 1 aromatic rings. The second-order valence-electron chi connectivity index (χ2n) is 7.33. The molecular weight excluding hydrogens is 320 g/mol. The summed E-state index contributed by atoms with van der Waals surface area (Å²) in [6, 6.07) is 4.52. The molecule has 2 aliphatic rings. The van der Waals surface area contributed by atoms with Crippen LogP contribution in [-0.2, 0) is 9.59 Å². The number of nitrogens with one attached hydrogen (secondary N) is 1. The molecule has 2 atom stereocenters. The van der Waals surface area contributed by atoms with Crippen LogP contribution in [0.25, 0.3) is 0 Å². The van der Waals surface area contributed by atoms with E-state index in [9.17, 15) is 19.5 Å². The second-order valence-corrected chi connectivity index (χ2v) is 7.33. The SMILES string of the molecule is CCC(=O)Nc1ccc2c(c1)C(N1CCCC1=O)C(O)C(C)(C)C2=O. The van der Waals surface area contributed by atoms with Crippen molar-refractivity contribution in [3.05, 3.63) is 29.3 Å². The fourth-order valence-electron chi connectivity index (χ4n) is 3.69. The lowest BCUT2D eigenvalue weighted by atomic mass is 9.68. The summed E-state index contributed by atoms with van der Waals surface area (Å²) in [6.45, 7) is 5.75. The third-order valence-corrected chi connectivity index (χ3v) is 5.29. The van der Waals surface area contributed by atoms with Crippen LogP contribution < -0.4 is 5.32 Å². The van der Waals surface area contributed by atoms with Gasteiger partial charge in [0, 0.05) is 30.6 Å². The highest BCUT2D eigenvalue weighted by molar-refractivity contribution is 6.04. The molecule has 3 rings (SSSR count). The Morgan fingerprint density at radius 3 is 2.68 bits per heavy atom. The summed E-state index contributed by atoms with van der Waals surface area (Å²) in [5, 5.41) is 13.7.